The molecular formula is C16H23N3O2. The summed E-state index contributed by atoms with van der Waals surface area (Å²) in [6.07, 6.45) is 1.76. The van der Waals surface area contributed by atoms with Gasteiger partial charge in [-0.15, -0.1) is 0 Å². The van der Waals surface area contributed by atoms with Crippen molar-refractivity contribution in [3.05, 3.63) is 40.3 Å². The van der Waals surface area contributed by atoms with Crippen LogP contribution in [0, 0.1) is 0 Å². The van der Waals surface area contributed by atoms with E-state index >= 15 is 0 Å². The maximum Gasteiger partial charge on any atom is 0.294 e. The Labute approximate surface area is 124 Å². The Morgan fingerprint density at radius 1 is 1.14 bits per heavy atom. The molecule has 2 rings (SSSR count). The molecule has 0 radical (unpaired) electrons. The molecule has 0 aliphatic carbocycles. The van der Waals surface area contributed by atoms with Gasteiger partial charge < -0.3 is 10.5 Å². The fraction of sp³-hybridized carbons (Fsp3) is 0.438. The van der Waals surface area contributed by atoms with Crippen LogP contribution in [-0.4, -0.2) is 16.0 Å². The van der Waals surface area contributed by atoms with Gasteiger partial charge in [-0.25, -0.2) is 4.68 Å². The lowest BCUT2D eigenvalue weighted by Gasteiger charge is -2.13. The second-order valence-corrected chi connectivity index (χ2v) is 4.87. The van der Waals surface area contributed by atoms with Gasteiger partial charge in [0.25, 0.3) is 5.56 Å². The zero-order chi connectivity index (χ0) is 15.4. The smallest absolute Gasteiger partial charge is 0.294 e. The summed E-state index contributed by atoms with van der Waals surface area (Å²) in [6.45, 7) is 7.37. The fourth-order valence-electron chi connectivity index (χ4n) is 2.55. The fourth-order valence-corrected chi connectivity index (χ4v) is 2.55. The van der Waals surface area contributed by atoms with Crippen molar-refractivity contribution in [2.75, 3.05) is 12.3 Å². The van der Waals surface area contributed by atoms with Crippen LogP contribution in [0.3, 0.4) is 0 Å². The van der Waals surface area contributed by atoms with E-state index < -0.39 is 0 Å². The molecule has 21 heavy (non-hydrogen) atoms. The van der Waals surface area contributed by atoms with Crippen LogP contribution >= 0.6 is 0 Å². The van der Waals surface area contributed by atoms with Gasteiger partial charge in [0.15, 0.2) is 0 Å². The van der Waals surface area contributed by atoms with Crippen LogP contribution in [0.2, 0.25) is 0 Å². The number of nitrogen functional groups attached to an aromatic ring is 1. The highest BCUT2D eigenvalue weighted by Crippen LogP contribution is 2.18. The van der Waals surface area contributed by atoms with Gasteiger partial charge in [-0.1, -0.05) is 13.3 Å². The molecule has 0 aliphatic heterocycles. The van der Waals surface area contributed by atoms with Crippen molar-refractivity contribution in [2.24, 2.45) is 0 Å². The SMILES string of the molecule is CCCc1c(N)c(=O)n(-c2ccc(OCC)cc2)n1CC. The summed E-state index contributed by atoms with van der Waals surface area (Å²) in [6, 6.07) is 7.50. The molecule has 0 unspecified atom stereocenters. The Kier molecular flexibility index (Phi) is 4.73. The molecule has 0 saturated heterocycles. The lowest BCUT2D eigenvalue weighted by Crippen LogP contribution is -2.22. The van der Waals surface area contributed by atoms with E-state index in [2.05, 4.69) is 6.92 Å². The van der Waals surface area contributed by atoms with Crippen LogP contribution in [0.5, 0.6) is 5.75 Å². The van der Waals surface area contributed by atoms with Gasteiger partial charge in [0.1, 0.15) is 11.4 Å². The number of benzene rings is 1. The Bertz CT molecular complexity index is 653. The predicted molar refractivity (Wildman–Crippen MR) is 85.3 cm³/mol. The largest absolute Gasteiger partial charge is 0.494 e. The summed E-state index contributed by atoms with van der Waals surface area (Å²) in [5.41, 5.74) is 7.93. The van der Waals surface area contributed by atoms with Crippen LogP contribution in [0.15, 0.2) is 29.1 Å². The second kappa shape index (κ2) is 6.52. The highest BCUT2D eigenvalue weighted by molar-refractivity contribution is 5.46. The number of hydrogen-bond donors (Lipinski definition) is 1. The third-order valence-corrected chi connectivity index (χ3v) is 3.47. The Morgan fingerprint density at radius 3 is 2.33 bits per heavy atom. The van der Waals surface area contributed by atoms with Crippen LogP contribution in [0.4, 0.5) is 5.69 Å². The number of ether oxygens (including phenoxy) is 1. The van der Waals surface area contributed by atoms with Crippen molar-refractivity contribution in [1.29, 1.82) is 0 Å². The summed E-state index contributed by atoms with van der Waals surface area (Å²) in [5, 5.41) is 0. The van der Waals surface area contributed by atoms with Gasteiger partial charge in [-0.05, 0) is 44.5 Å². The maximum atomic E-state index is 12.4. The van der Waals surface area contributed by atoms with Crippen LogP contribution in [-0.2, 0) is 13.0 Å². The minimum absolute atomic E-state index is 0.149. The minimum atomic E-state index is -0.149. The van der Waals surface area contributed by atoms with Crippen molar-refractivity contribution in [3.8, 4) is 11.4 Å². The van der Waals surface area contributed by atoms with Gasteiger partial charge in [-0.2, -0.15) is 0 Å². The molecule has 0 fully saturated rings. The molecule has 5 heteroatoms. The Morgan fingerprint density at radius 2 is 1.81 bits per heavy atom. The van der Waals surface area contributed by atoms with Crippen molar-refractivity contribution >= 4 is 5.69 Å². The molecule has 0 aliphatic rings. The van der Waals surface area contributed by atoms with E-state index in [1.807, 2.05) is 42.8 Å². The highest BCUT2D eigenvalue weighted by atomic mass is 16.5. The monoisotopic (exact) mass is 289 g/mol. The molecule has 0 saturated carbocycles. The van der Waals surface area contributed by atoms with Gasteiger partial charge in [0.05, 0.1) is 18.0 Å². The molecule has 2 aromatic rings. The van der Waals surface area contributed by atoms with E-state index in [4.69, 9.17) is 10.5 Å². The number of nitrogens with two attached hydrogens (primary N) is 1. The number of nitrogens with zero attached hydrogens (tertiary/aromatic N) is 2. The molecular weight excluding hydrogens is 266 g/mol. The first-order valence-electron chi connectivity index (χ1n) is 7.47. The number of anilines is 1. The topological polar surface area (TPSA) is 62.2 Å². The van der Waals surface area contributed by atoms with Crippen molar-refractivity contribution in [2.45, 2.75) is 40.2 Å². The lowest BCUT2D eigenvalue weighted by atomic mass is 10.2. The zero-order valence-electron chi connectivity index (χ0n) is 12.9. The molecule has 0 spiro atoms. The number of rotatable bonds is 6. The first kappa shape index (κ1) is 15.2. The quantitative estimate of drug-likeness (QED) is 0.889. The molecule has 0 amide bonds. The summed E-state index contributed by atoms with van der Waals surface area (Å²) >= 11 is 0. The van der Waals surface area contributed by atoms with Gasteiger partial charge in [0, 0.05) is 6.54 Å². The third-order valence-electron chi connectivity index (χ3n) is 3.47. The maximum absolute atomic E-state index is 12.4. The summed E-state index contributed by atoms with van der Waals surface area (Å²) in [7, 11) is 0. The van der Waals surface area contributed by atoms with E-state index in [0.29, 0.717) is 18.8 Å². The van der Waals surface area contributed by atoms with Crippen LogP contribution in [0.1, 0.15) is 32.9 Å². The van der Waals surface area contributed by atoms with Gasteiger partial charge >= 0.3 is 0 Å². The van der Waals surface area contributed by atoms with Crippen molar-refractivity contribution in [3.63, 3.8) is 0 Å². The zero-order valence-corrected chi connectivity index (χ0v) is 12.9. The first-order valence-corrected chi connectivity index (χ1v) is 7.47. The number of hydrogen-bond acceptors (Lipinski definition) is 3. The molecule has 1 heterocycles. The van der Waals surface area contributed by atoms with E-state index in [1.54, 1.807) is 4.68 Å². The molecule has 0 bridgehead atoms. The summed E-state index contributed by atoms with van der Waals surface area (Å²) in [4.78, 5) is 12.4. The Balaban J connectivity index is 2.52. The van der Waals surface area contributed by atoms with Crippen molar-refractivity contribution in [1.82, 2.24) is 9.36 Å². The standard InChI is InChI=1S/C16H23N3O2/c1-4-7-14-15(17)16(20)19(18(14)5-2)12-8-10-13(11-9-12)21-6-3/h8-11H,4-7,17H2,1-3H3. The average molecular weight is 289 g/mol. The second-order valence-electron chi connectivity index (χ2n) is 4.87. The molecule has 0 atom stereocenters. The summed E-state index contributed by atoms with van der Waals surface area (Å²) in [5.74, 6) is 0.797. The lowest BCUT2D eigenvalue weighted by molar-refractivity contribution is 0.340. The summed E-state index contributed by atoms with van der Waals surface area (Å²) < 4.78 is 9.04. The molecule has 114 valence electrons. The molecule has 2 N–H and O–H groups in total. The molecule has 1 aromatic heterocycles. The average Bonchev–Trinajstić information content (AvgIpc) is 2.73. The van der Waals surface area contributed by atoms with E-state index in [-0.39, 0.29) is 5.56 Å². The molecule has 1 aromatic carbocycles. The van der Waals surface area contributed by atoms with E-state index in [0.717, 1.165) is 30.0 Å². The first-order chi connectivity index (χ1) is 10.1. The van der Waals surface area contributed by atoms with Crippen molar-refractivity contribution < 1.29 is 4.74 Å². The minimum Gasteiger partial charge on any atom is -0.494 e. The van der Waals surface area contributed by atoms with Crippen LogP contribution in [0.25, 0.3) is 5.69 Å². The third kappa shape index (κ3) is 2.82. The van der Waals surface area contributed by atoms with E-state index in [9.17, 15) is 4.79 Å². The van der Waals surface area contributed by atoms with E-state index in [1.165, 1.54) is 0 Å². The molecule has 5 nitrogen and oxygen atoms in total. The normalized spacial score (nSPS) is 10.8. The highest BCUT2D eigenvalue weighted by Gasteiger charge is 2.17. The van der Waals surface area contributed by atoms with Gasteiger partial charge in [0.2, 0.25) is 0 Å². The Hall–Kier alpha value is -2.17. The van der Waals surface area contributed by atoms with Gasteiger partial charge in [-0.3, -0.25) is 9.48 Å². The predicted octanol–water partition coefficient (Wildman–Crippen LogP) is 2.59. The van der Waals surface area contributed by atoms with Crippen LogP contribution < -0.4 is 16.0 Å². The number of aromatic nitrogens is 2.